The molecule has 0 aliphatic carbocycles. The first-order chi connectivity index (χ1) is 9.93. The zero-order valence-corrected chi connectivity index (χ0v) is 12.6. The molecular weight excluding hydrogens is 268 g/mol. The number of aliphatic carboxylic acids is 1. The largest absolute Gasteiger partial charge is 0.479 e. The number of benzene rings is 1. The van der Waals surface area contributed by atoms with Crippen molar-refractivity contribution in [2.24, 2.45) is 17.6 Å². The molecule has 0 aliphatic rings. The summed E-state index contributed by atoms with van der Waals surface area (Å²) >= 11 is 0. The van der Waals surface area contributed by atoms with E-state index in [1.165, 1.54) is 0 Å². The van der Waals surface area contributed by atoms with Gasteiger partial charge in [0, 0.05) is 6.42 Å². The average molecular weight is 292 g/mol. The molecular formula is C16H24N2O3. The van der Waals surface area contributed by atoms with Crippen LogP contribution in [0.4, 0.5) is 0 Å². The first kappa shape index (κ1) is 17.2. The third-order valence-corrected chi connectivity index (χ3v) is 3.30. The van der Waals surface area contributed by atoms with E-state index in [-0.39, 0.29) is 18.2 Å². The minimum atomic E-state index is -1.07. The lowest BCUT2D eigenvalue weighted by atomic mass is 9.93. The quantitative estimate of drug-likeness (QED) is 0.682. The predicted octanol–water partition coefficient (Wildman–Crippen LogP) is 1.94. The summed E-state index contributed by atoms with van der Waals surface area (Å²) in [5.74, 6) is -0.809. The van der Waals surface area contributed by atoms with Crippen molar-refractivity contribution in [2.75, 3.05) is 6.54 Å². The van der Waals surface area contributed by atoms with Gasteiger partial charge in [-0.05, 0) is 30.4 Å². The molecule has 2 atom stereocenters. The van der Waals surface area contributed by atoms with Gasteiger partial charge in [-0.3, -0.25) is 4.79 Å². The number of nitrogens with two attached hydrogens (primary N) is 1. The van der Waals surface area contributed by atoms with Crippen molar-refractivity contribution in [1.29, 1.82) is 0 Å². The van der Waals surface area contributed by atoms with Crippen LogP contribution in [0.5, 0.6) is 0 Å². The number of amides is 1. The topological polar surface area (TPSA) is 92.4 Å². The Morgan fingerprint density at radius 3 is 2.33 bits per heavy atom. The summed E-state index contributed by atoms with van der Waals surface area (Å²) in [6, 6.07) is 7.66. The van der Waals surface area contributed by atoms with Gasteiger partial charge in [-0.1, -0.05) is 44.2 Å². The Morgan fingerprint density at radius 1 is 1.24 bits per heavy atom. The number of carboxylic acid groups (broad SMARTS) is 1. The molecule has 0 saturated heterocycles. The van der Waals surface area contributed by atoms with Gasteiger partial charge in [0.15, 0.2) is 6.04 Å². The minimum absolute atomic E-state index is 0.0789. The summed E-state index contributed by atoms with van der Waals surface area (Å²) in [6.45, 7) is 4.57. The number of hydrogen-bond acceptors (Lipinski definition) is 3. The summed E-state index contributed by atoms with van der Waals surface area (Å²) in [5.41, 5.74) is 6.24. The summed E-state index contributed by atoms with van der Waals surface area (Å²) in [4.78, 5) is 23.4. The van der Waals surface area contributed by atoms with E-state index in [0.717, 1.165) is 6.42 Å². The predicted molar refractivity (Wildman–Crippen MR) is 81.6 cm³/mol. The molecule has 1 amide bonds. The second kappa shape index (κ2) is 8.42. The highest BCUT2D eigenvalue weighted by molar-refractivity contribution is 5.84. The number of carbonyl (C=O) groups excluding carboxylic acids is 1. The molecule has 0 radical (unpaired) electrons. The molecule has 0 saturated carbocycles. The number of carboxylic acids is 1. The molecule has 0 fully saturated rings. The van der Waals surface area contributed by atoms with Crippen molar-refractivity contribution in [3.8, 4) is 0 Å². The van der Waals surface area contributed by atoms with E-state index in [2.05, 4.69) is 19.2 Å². The molecule has 0 aliphatic heterocycles. The van der Waals surface area contributed by atoms with Crippen molar-refractivity contribution in [3.05, 3.63) is 35.9 Å². The van der Waals surface area contributed by atoms with E-state index in [9.17, 15) is 14.7 Å². The van der Waals surface area contributed by atoms with E-state index >= 15 is 0 Å². The van der Waals surface area contributed by atoms with E-state index in [0.29, 0.717) is 18.0 Å². The first-order valence-electron chi connectivity index (χ1n) is 7.21. The van der Waals surface area contributed by atoms with Gasteiger partial charge in [-0.15, -0.1) is 0 Å². The van der Waals surface area contributed by atoms with E-state index in [1.807, 2.05) is 0 Å². The number of nitrogens with one attached hydrogen (secondary N) is 1. The highest BCUT2D eigenvalue weighted by Gasteiger charge is 2.23. The number of rotatable bonds is 8. The van der Waals surface area contributed by atoms with Crippen LogP contribution in [0.1, 0.15) is 38.3 Å². The smallest absolute Gasteiger partial charge is 0.330 e. The SMILES string of the molecule is CC(C)C[C@H](CN)CC(=O)N[C@H](C(=O)O)c1ccccc1. The lowest BCUT2D eigenvalue weighted by molar-refractivity contribution is -0.142. The van der Waals surface area contributed by atoms with Crippen molar-refractivity contribution in [1.82, 2.24) is 5.32 Å². The van der Waals surface area contributed by atoms with Gasteiger partial charge in [-0.2, -0.15) is 0 Å². The molecule has 0 bridgehead atoms. The Morgan fingerprint density at radius 2 is 1.86 bits per heavy atom. The molecule has 1 aromatic rings. The molecule has 21 heavy (non-hydrogen) atoms. The molecule has 1 rings (SSSR count). The Kier molecular flexibility index (Phi) is 6.88. The maximum atomic E-state index is 12.1. The maximum absolute atomic E-state index is 12.1. The van der Waals surface area contributed by atoms with Gasteiger partial charge in [0.2, 0.25) is 5.91 Å². The third-order valence-electron chi connectivity index (χ3n) is 3.30. The number of carbonyl (C=O) groups is 2. The average Bonchev–Trinajstić information content (AvgIpc) is 2.44. The van der Waals surface area contributed by atoms with Crippen LogP contribution >= 0.6 is 0 Å². The van der Waals surface area contributed by atoms with Crippen LogP contribution in [0.2, 0.25) is 0 Å². The zero-order valence-electron chi connectivity index (χ0n) is 12.6. The third kappa shape index (κ3) is 5.95. The molecule has 0 heterocycles. The molecule has 0 unspecified atom stereocenters. The van der Waals surface area contributed by atoms with Crippen molar-refractivity contribution in [3.63, 3.8) is 0 Å². The number of hydrogen-bond donors (Lipinski definition) is 3. The van der Waals surface area contributed by atoms with Gasteiger partial charge in [-0.25, -0.2) is 4.79 Å². The second-order valence-electron chi connectivity index (χ2n) is 5.68. The van der Waals surface area contributed by atoms with E-state index in [1.54, 1.807) is 30.3 Å². The van der Waals surface area contributed by atoms with Crippen LogP contribution in [-0.4, -0.2) is 23.5 Å². The highest BCUT2D eigenvalue weighted by Crippen LogP contribution is 2.17. The summed E-state index contributed by atoms with van der Waals surface area (Å²) in [5, 5.41) is 11.8. The fourth-order valence-electron chi connectivity index (χ4n) is 2.34. The maximum Gasteiger partial charge on any atom is 0.330 e. The summed E-state index contributed by atoms with van der Waals surface area (Å²) in [6.07, 6.45) is 1.11. The second-order valence-corrected chi connectivity index (χ2v) is 5.68. The lowest BCUT2D eigenvalue weighted by Crippen LogP contribution is -2.35. The zero-order chi connectivity index (χ0) is 15.8. The lowest BCUT2D eigenvalue weighted by Gasteiger charge is -2.19. The molecule has 5 heteroatoms. The van der Waals surface area contributed by atoms with Gasteiger partial charge in [0.25, 0.3) is 0 Å². The van der Waals surface area contributed by atoms with Crippen LogP contribution in [0.25, 0.3) is 0 Å². The van der Waals surface area contributed by atoms with Crippen LogP contribution in [-0.2, 0) is 9.59 Å². The molecule has 116 valence electrons. The van der Waals surface area contributed by atoms with Gasteiger partial charge in [0.1, 0.15) is 0 Å². The molecule has 4 N–H and O–H groups in total. The van der Waals surface area contributed by atoms with Gasteiger partial charge in [0.05, 0.1) is 0 Å². The highest BCUT2D eigenvalue weighted by atomic mass is 16.4. The Labute approximate surface area is 125 Å². The van der Waals surface area contributed by atoms with Crippen molar-refractivity contribution < 1.29 is 14.7 Å². The first-order valence-corrected chi connectivity index (χ1v) is 7.21. The fourth-order valence-corrected chi connectivity index (χ4v) is 2.34. The van der Waals surface area contributed by atoms with E-state index in [4.69, 9.17) is 5.73 Å². The minimum Gasteiger partial charge on any atom is -0.479 e. The summed E-state index contributed by atoms with van der Waals surface area (Å²) < 4.78 is 0. The van der Waals surface area contributed by atoms with Gasteiger partial charge >= 0.3 is 5.97 Å². The van der Waals surface area contributed by atoms with Crippen LogP contribution in [0, 0.1) is 11.8 Å². The van der Waals surface area contributed by atoms with Crippen LogP contribution in [0.3, 0.4) is 0 Å². The molecule has 5 nitrogen and oxygen atoms in total. The Bertz CT molecular complexity index is 460. The van der Waals surface area contributed by atoms with Crippen LogP contribution < -0.4 is 11.1 Å². The van der Waals surface area contributed by atoms with Crippen LogP contribution in [0.15, 0.2) is 30.3 Å². The Hall–Kier alpha value is -1.88. The molecule has 0 aromatic heterocycles. The molecule has 1 aromatic carbocycles. The fraction of sp³-hybridized carbons (Fsp3) is 0.500. The summed E-state index contributed by atoms with van der Waals surface area (Å²) in [7, 11) is 0. The van der Waals surface area contributed by atoms with E-state index < -0.39 is 12.0 Å². The monoisotopic (exact) mass is 292 g/mol. The van der Waals surface area contributed by atoms with Crippen molar-refractivity contribution in [2.45, 2.75) is 32.7 Å². The van der Waals surface area contributed by atoms with Gasteiger partial charge < -0.3 is 16.2 Å². The normalized spacial score (nSPS) is 13.7. The Balaban J connectivity index is 2.67. The van der Waals surface area contributed by atoms with Crippen molar-refractivity contribution >= 4 is 11.9 Å². The standard InChI is InChI=1S/C16H24N2O3/c1-11(2)8-12(10-17)9-14(19)18-15(16(20)21)13-6-4-3-5-7-13/h3-7,11-12,15H,8-10,17H2,1-2H3,(H,18,19)(H,20,21)/t12-,15-/m0/s1. The molecule has 0 spiro atoms.